The van der Waals surface area contributed by atoms with Crippen LogP contribution in [0.1, 0.15) is 22.3 Å². The normalized spacial score (nSPS) is 22.6. The highest BCUT2D eigenvalue weighted by Crippen LogP contribution is 2.65. The number of benzene rings is 1. The van der Waals surface area contributed by atoms with Crippen molar-refractivity contribution in [2.75, 3.05) is 13.1 Å². The first-order valence-corrected chi connectivity index (χ1v) is 5.99. The molecular formula is C13H10F5NO. The second kappa shape index (κ2) is 3.71. The van der Waals surface area contributed by atoms with Crippen LogP contribution in [0.25, 0.3) is 0 Å². The molecule has 1 saturated heterocycles. The van der Waals surface area contributed by atoms with Gasteiger partial charge < -0.3 is 4.90 Å². The number of hydrogen-bond donors (Lipinski definition) is 0. The van der Waals surface area contributed by atoms with Gasteiger partial charge in [-0.2, -0.15) is 13.2 Å². The number of carbonyl (C=O) groups excluding carboxylic acids is 1. The van der Waals surface area contributed by atoms with Crippen molar-refractivity contribution in [2.45, 2.75) is 18.5 Å². The predicted molar refractivity (Wildman–Crippen MR) is 59.3 cm³/mol. The standard InChI is InChI=1S/C13H10F5NO/c14-12(15)5-11(12)6-19(7-11)10(20)8-1-3-9(4-2-8)13(16,17)18/h1-4H,5-7H2. The fourth-order valence-corrected chi connectivity index (χ4v) is 2.54. The Labute approximate surface area is 111 Å². The third-order valence-corrected chi connectivity index (χ3v) is 3.94. The monoisotopic (exact) mass is 291 g/mol. The van der Waals surface area contributed by atoms with Gasteiger partial charge >= 0.3 is 6.18 Å². The Bertz CT molecular complexity index is 557. The lowest BCUT2D eigenvalue weighted by molar-refractivity contribution is -0.137. The lowest BCUT2D eigenvalue weighted by atomic mass is 9.94. The van der Waals surface area contributed by atoms with Gasteiger partial charge in [0.15, 0.2) is 0 Å². The van der Waals surface area contributed by atoms with Crippen LogP contribution in [0.4, 0.5) is 22.0 Å². The summed E-state index contributed by atoms with van der Waals surface area (Å²) in [5, 5.41) is 0. The van der Waals surface area contributed by atoms with E-state index in [2.05, 4.69) is 0 Å². The van der Waals surface area contributed by atoms with Crippen molar-refractivity contribution < 1.29 is 26.7 Å². The van der Waals surface area contributed by atoms with E-state index in [1.165, 1.54) is 4.90 Å². The van der Waals surface area contributed by atoms with Gasteiger partial charge in [0.2, 0.25) is 0 Å². The van der Waals surface area contributed by atoms with E-state index in [-0.39, 0.29) is 25.1 Å². The number of hydrogen-bond acceptors (Lipinski definition) is 1. The summed E-state index contributed by atoms with van der Waals surface area (Å²) in [6.45, 7) is -0.0558. The van der Waals surface area contributed by atoms with E-state index in [4.69, 9.17) is 0 Å². The van der Waals surface area contributed by atoms with Crippen molar-refractivity contribution in [3.8, 4) is 0 Å². The molecule has 1 heterocycles. The molecular weight excluding hydrogens is 281 g/mol. The molecule has 1 spiro atoms. The van der Waals surface area contributed by atoms with Crippen LogP contribution < -0.4 is 0 Å². The Hall–Kier alpha value is -1.66. The molecule has 2 aliphatic rings. The Morgan fingerprint density at radius 2 is 1.60 bits per heavy atom. The van der Waals surface area contributed by atoms with Crippen LogP contribution in [0, 0.1) is 5.41 Å². The second-order valence-corrected chi connectivity index (χ2v) is 5.40. The van der Waals surface area contributed by atoms with E-state index < -0.39 is 29.0 Å². The number of likely N-dealkylation sites (tertiary alicyclic amines) is 1. The predicted octanol–water partition coefficient (Wildman–Crippen LogP) is 3.19. The third-order valence-electron chi connectivity index (χ3n) is 3.94. The van der Waals surface area contributed by atoms with Gasteiger partial charge in [0, 0.05) is 25.1 Å². The molecule has 0 atom stereocenters. The van der Waals surface area contributed by atoms with Crippen LogP contribution in [-0.2, 0) is 6.18 Å². The van der Waals surface area contributed by atoms with Gasteiger partial charge in [0.1, 0.15) is 0 Å². The minimum absolute atomic E-state index is 0.0279. The van der Waals surface area contributed by atoms with Gasteiger partial charge in [-0.05, 0) is 24.3 Å². The van der Waals surface area contributed by atoms with Crippen LogP contribution in [0.2, 0.25) is 0 Å². The molecule has 3 rings (SSSR count). The summed E-state index contributed by atoms with van der Waals surface area (Å²) in [5.74, 6) is -3.21. The minimum Gasteiger partial charge on any atom is -0.337 e. The SMILES string of the molecule is O=C(c1ccc(C(F)(F)F)cc1)N1CC2(C1)CC2(F)F. The molecule has 2 fully saturated rings. The molecule has 1 amide bonds. The molecule has 0 N–H and O–H groups in total. The first-order valence-electron chi connectivity index (χ1n) is 5.99. The fraction of sp³-hybridized carbons (Fsp3) is 0.462. The molecule has 0 unspecified atom stereocenters. The molecule has 1 aliphatic heterocycles. The summed E-state index contributed by atoms with van der Waals surface area (Å²) < 4.78 is 63.1. The van der Waals surface area contributed by atoms with Crippen LogP contribution in [0.3, 0.4) is 0 Å². The molecule has 1 aromatic carbocycles. The van der Waals surface area contributed by atoms with E-state index in [0.29, 0.717) is 0 Å². The number of rotatable bonds is 1. The fourth-order valence-electron chi connectivity index (χ4n) is 2.54. The topological polar surface area (TPSA) is 20.3 Å². The number of alkyl halides is 5. The molecule has 2 nitrogen and oxygen atoms in total. The zero-order valence-corrected chi connectivity index (χ0v) is 10.2. The second-order valence-electron chi connectivity index (χ2n) is 5.40. The van der Waals surface area contributed by atoms with Crippen molar-refractivity contribution in [1.82, 2.24) is 4.90 Å². The highest BCUT2D eigenvalue weighted by molar-refractivity contribution is 5.95. The van der Waals surface area contributed by atoms with Gasteiger partial charge in [-0.15, -0.1) is 0 Å². The summed E-state index contributed by atoms with van der Waals surface area (Å²) in [7, 11) is 0. The maximum Gasteiger partial charge on any atom is 0.416 e. The Morgan fingerprint density at radius 1 is 1.10 bits per heavy atom. The summed E-state index contributed by atoms with van der Waals surface area (Å²) >= 11 is 0. The lowest BCUT2D eigenvalue weighted by Crippen LogP contribution is -2.54. The number of amides is 1. The quantitative estimate of drug-likeness (QED) is 0.728. The highest BCUT2D eigenvalue weighted by atomic mass is 19.4. The van der Waals surface area contributed by atoms with Crippen molar-refractivity contribution in [2.24, 2.45) is 5.41 Å². The number of halogens is 5. The zero-order valence-electron chi connectivity index (χ0n) is 10.2. The van der Waals surface area contributed by atoms with E-state index >= 15 is 0 Å². The lowest BCUT2D eigenvalue weighted by Gasteiger charge is -2.40. The largest absolute Gasteiger partial charge is 0.416 e. The van der Waals surface area contributed by atoms with Gasteiger partial charge in [0.25, 0.3) is 11.8 Å². The van der Waals surface area contributed by atoms with Crippen molar-refractivity contribution >= 4 is 5.91 Å². The average Bonchev–Trinajstić information content (AvgIpc) is 2.89. The van der Waals surface area contributed by atoms with Crippen LogP contribution in [0.5, 0.6) is 0 Å². The Balaban J connectivity index is 1.67. The summed E-state index contributed by atoms with van der Waals surface area (Å²) in [6.07, 6.45) is -4.67. The van der Waals surface area contributed by atoms with Gasteiger partial charge in [-0.3, -0.25) is 4.79 Å². The Morgan fingerprint density at radius 3 is 2.00 bits per heavy atom. The van der Waals surface area contributed by atoms with Crippen molar-refractivity contribution in [3.63, 3.8) is 0 Å². The van der Waals surface area contributed by atoms with E-state index in [9.17, 15) is 26.7 Å². The maximum absolute atomic E-state index is 13.0. The Kier molecular flexibility index (Phi) is 2.47. The highest BCUT2D eigenvalue weighted by Gasteiger charge is 2.76. The molecule has 108 valence electrons. The van der Waals surface area contributed by atoms with E-state index in [1.54, 1.807) is 0 Å². The van der Waals surface area contributed by atoms with E-state index in [1.807, 2.05) is 0 Å². The molecule has 7 heteroatoms. The number of carbonyl (C=O) groups is 1. The minimum atomic E-state index is -4.46. The van der Waals surface area contributed by atoms with Crippen molar-refractivity contribution in [3.05, 3.63) is 35.4 Å². The van der Waals surface area contributed by atoms with Gasteiger partial charge in [0.05, 0.1) is 11.0 Å². The molecule has 0 aromatic heterocycles. The number of nitrogens with zero attached hydrogens (tertiary/aromatic N) is 1. The van der Waals surface area contributed by atoms with Crippen LogP contribution in [-0.4, -0.2) is 29.8 Å². The zero-order chi connectivity index (χ0) is 14.8. The van der Waals surface area contributed by atoms with Gasteiger partial charge in [-0.1, -0.05) is 0 Å². The summed E-state index contributed by atoms with van der Waals surface area (Å²) in [4.78, 5) is 13.2. The summed E-state index contributed by atoms with van der Waals surface area (Å²) in [5.41, 5.74) is -1.84. The maximum atomic E-state index is 13.0. The first-order chi connectivity index (χ1) is 9.15. The molecule has 1 aromatic rings. The smallest absolute Gasteiger partial charge is 0.337 e. The molecule has 0 bridgehead atoms. The first kappa shape index (κ1) is 13.3. The van der Waals surface area contributed by atoms with Crippen molar-refractivity contribution in [1.29, 1.82) is 0 Å². The molecule has 0 radical (unpaired) electrons. The molecule has 1 saturated carbocycles. The summed E-state index contributed by atoms with van der Waals surface area (Å²) in [6, 6.07) is 3.77. The van der Waals surface area contributed by atoms with E-state index in [0.717, 1.165) is 24.3 Å². The molecule has 1 aliphatic carbocycles. The third kappa shape index (κ3) is 1.87. The molecule has 20 heavy (non-hydrogen) atoms. The van der Waals surface area contributed by atoms with Gasteiger partial charge in [-0.25, -0.2) is 8.78 Å². The van der Waals surface area contributed by atoms with Crippen LogP contribution in [0.15, 0.2) is 24.3 Å². The van der Waals surface area contributed by atoms with Crippen LogP contribution >= 0.6 is 0 Å². The average molecular weight is 291 g/mol.